The van der Waals surface area contributed by atoms with Crippen molar-refractivity contribution in [3.63, 3.8) is 0 Å². The van der Waals surface area contributed by atoms with Gasteiger partial charge in [-0.3, -0.25) is 14.7 Å². The maximum Gasteiger partial charge on any atom is 0.410 e. The first-order valence-corrected chi connectivity index (χ1v) is 14.4. The number of carbonyl (C=O) groups is 2. The van der Waals surface area contributed by atoms with Gasteiger partial charge in [0, 0.05) is 36.8 Å². The molecule has 3 aromatic heterocycles. The number of carbonyl (C=O) groups excluding carboxylic acids is 2. The predicted molar refractivity (Wildman–Crippen MR) is 159 cm³/mol. The van der Waals surface area contributed by atoms with E-state index in [1.807, 2.05) is 57.4 Å². The summed E-state index contributed by atoms with van der Waals surface area (Å²) in [4.78, 5) is 40.7. The first-order chi connectivity index (χ1) is 19.6. The van der Waals surface area contributed by atoms with Crippen LogP contribution in [-0.4, -0.2) is 61.2 Å². The number of amides is 2. The highest BCUT2D eigenvalue weighted by Crippen LogP contribution is 2.34. The number of aromatic nitrogens is 4. The van der Waals surface area contributed by atoms with E-state index in [0.29, 0.717) is 42.3 Å². The fourth-order valence-corrected chi connectivity index (χ4v) is 5.29. The Balaban J connectivity index is 1.38. The zero-order chi connectivity index (χ0) is 29.6. The van der Waals surface area contributed by atoms with Crippen LogP contribution in [0.1, 0.15) is 53.2 Å². The molecule has 0 saturated carbocycles. The quantitative estimate of drug-likeness (QED) is 0.338. The third kappa shape index (κ3) is 7.63. The molecule has 10 nitrogen and oxygen atoms in total. The molecule has 41 heavy (non-hydrogen) atoms. The molecule has 4 rings (SSSR count). The van der Waals surface area contributed by atoms with Crippen LogP contribution in [-0.2, 0) is 16.1 Å². The Labute approximate surface area is 243 Å². The van der Waals surface area contributed by atoms with Crippen LogP contribution >= 0.6 is 11.8 Å². The number of anilines is 1. The molecule has 1 unspecified atom stereocenters. The monoisotopic (exact) mass is 581 g/mol. The average molecular weight is 582 g/mol. The average Bonchev–Trinajstić information content (AvgIpc) is 3.58. The van der Waals surface area contributed by atoms with Gasteiger partial charge in [0.25, 0.3) is 0 Å². The largest absolute Gasteiger partial charge is 0.444 e. The molecule has 1 aliphatic heterocycles. The SMILES string of the molecule is C/C=C(/Nc1cc2c(cn1)ncn2CCNC(=O)C1CCCN1C(=O)OC(C)(C)C)S/C(=C\C)c1ncccc1F. The minimum absolute atomic E-state index is 0.194. The second-order valence-electron chi connectivity index (χ2n) is 10.5. The highest BCUT2D eigenvalue weighted by Gasteiger charge is 2.36. The summed E-state index contributed by atoms with van der Waals surface area (Å²) < 4.78 is 21.7. The molecule has 1 atom stereocenters. The fraction of sp³-hybridized carbons (Fsp3) is 0.414. The van der Waals surface area contributed by atoms with Gasteiger partial charge in [0.1, 0.15) is 34.5 Å². The lowest BCUT2D eigenvalue weighted by Crippen LogP contribution is -2.48. The Bertz CT molecular complexity index is 1460. The molecule has 218 valence electrons. The van der Waals surface area contributed by atoms with Gasteiger partial charge in [0.2, 0.25) is 5.91 Å². The molecule has 0 spiro atoms. The molecule has 1 saturated heterocycles. The highest BCUT2D eigenvalue weighted by atomic mass is 32.2. The van der Waals surface area contributed by atoms with Crippen LogP contribution in [0.15, 0.2) is 54.1 Å². The number of hydrogen-bond donors (Lipinski definition) is 2. The van der Waals surface area contributed by atoms with Crippen molar-refractivity contribution in [2.75, 3.05) is 18.4 Å². The lowest BCUT2D eigenvalue weighted by atomic mass is 10.2. The number of rotatable bonds is 9. The zero-order valence-corrected chi connectivity index (χ0v) is 24.8. The number of allylic oxidation sites excluding steroid dienone is 2. The highest BCUT2D eigenvalue weighted by molar-refractivity contribution is 8.11. The van der Waals surface area contributed by atoms with Crippen molar-refractivity contribution < 1.29 is 18.7 Å². The molecule has 0 aromatic carbocycles. The molecule has 0 bridgehead atoms. The van der Waals surface area contributed by atoms with E-state index >= 15 is 0 Å². The van der Waals surface area contributed by atoms with Crippen LogP contribution in [0.2, 0.25) is 0 Å². The van der Waals surface area contributed by atoms with E-state index in [0.717, 1.165) is 17.0 Å². The summed E-state index contributed by atoms with van der Waals surface area (Å²) >= 11 is 1.36. The van der Waals surface area contributed by atoms with Gasteiger partial charge >= 0.3 is 6.09 Å². The number of thioether (sulfide) groups is 1. The van der Waals surface area contributed by atoms with Gasteiger partial charge in [-0.1, -0.05) is 23.9 Å². The van der Waals surface area contributed by atoms with E-state index in [4.69, 9.17) is 4.74 Å². The summed E-state index contributed by atoms with van der Waals surface area (Å²) in [5.74, 6) is 0.0186. The zero-order valence-electron chi connectivity index (χ0n) is 24.0. The van der Waals surface area contributed by atoms with Crippen molar-refractivity contribution in [3.05, 3.63) is 65.6 Å². The van der Waals surface area contributed by atoms with Crippen LogP contribution in [0.3, 0.4) is 0 Å². The second kappa shape index (κ2) is 13.2. The van der Waals surface area contributed by atoms with E-state index in [1.54, 1.807) is 24.8 Å². The molecule has 3 aromatic rings. The summed E-state index contributed by atoms with van der Waals surface area (Å²) in [6, 6.07) is 4.29. The van der Waals surface area contributed by atoms with Crippen LogP contribution in [0.4, 0.5) is 15.0 Å². The topological polar surface area (TPSA) is 114 Å². The lowest BCUT2D eigenvalue weighted by molar-refractivity contribution is -0.125. The van der Waals surface area contributed by atoms with Gasteiger partial charge in [0.05, 0.1) is 23.1 Å². The molecule has 2 amide bonds. The number of pyridine rings is 2. The van der Waals surface area contributed by atoms with E-state index in [9.17, 15) is 14.0 Å². The number of likely N-dealkylation sites (tertiary alicyclic amines) is 1. The Morgan fingerprint density at radius 1 is 1.22 bits per heavy atom. The van der Waals surface area contributed by atoms with E-state index in [1.165, 1.54) is 22.7 Å². The molecule has 1 fully saturated rings. The number of halogens is 1. The Kier molecular flexibility index (Phi) is 9.64. The smallest absolute Gasteiger partial charge is 0.410 e. The van der Waals surface area contributed by atoms with Crippen molar-refractivity contribution in [3.8, 4) is 0 Å². The summed E-state index contributed by atoms with van der Waals surface area (Å²) in [6.07, 6.45) is 9.55. The van der Waals surface area contributed by atoms with Gasteiger partial charge in [-0.25, -0.2) is 19.2 Å². The summed E-state index contributed by atoms with van der Waals surface area (Å²) in [6.45, 7) is 10.5. The van der Waals surface area contributed by atoms with Crippen LogP contribution in [0.5, 0.6) is 0 Å². The molecule has 0 radical (unpaired) electrons. The summed E-state index contributed by atoms with van der Waals surface area (Å²) in [5.41, 5.74) is 1.23. The van der Waals surface area contributed by atoms with Gasteiger partial charge in [0.15, 0.2) is 0 Å². The normalized spacial score (nSPS) is 16.2. The molecular formula is C29H36FN7O3S. The first-order valence-electron chi connectivity index (χ1n) is 13.6. The van der Waals surface area contributed by atoms with Crippen molar-refractivity contribution in [2.24, 2.45) is 0 Å². The number of fused-ring (bicyclic) bond motifs is 1. The minimum Gasteiger partial charge on any atom is -0.444 e. The molecule has 4 heterocycles. The van der Waals surface area contributed by atoms with Gasteiger partial charge < -0.3 is 19.9 Å². The number of ether oxygens (including phenoxy) is 1. The third-order valence-electron chi connectivity index (χ3n) is 6.33. The second-order valence-corrected chi connectivity index (χ2v) is 11.6. The minimum atomic E-state index is -0.621. The van der Waals surface area contributed by atoms with Crippen LogP contribution < -0.4 is 10.6 Å². The maximum absolute atomic E-state index is 14.3. The van der Waals surface area contributed by atoms with E-state index in [-0.39, 0.29) is 17.4 Å². The Hall–Kier alpha value is -3.93. The van der Waals surface area contributed by atoms with Crippen molar-refractivity contribution in [1.82, 2.24) is 29.7 Å². The molecule has 12 heteroatoms. The van der Waals surface area contributed by atoms with Crippen molar-refractivity contribution in [1.29, 1.82) is 0 Å². The Morgan fingerprint density at radius 3 is 2.73 bits per heavy atom. The Morgan fingerprint density at radius 2 is 2.02 bits per heavy atom. The first kappa shape index (κ1) is 30.0. The molecule has 2 N–H and O–H groups in total. The van der Waals surface area contributed by atoms with E-state index in [2.05, 4.69) is 25.6 Å². The standard InChI is InChI=1S/C29H36FN7O3S/c1-6-23(26-19(30)10-8-12-31-26)41-25(7-2)35-24-16-22-20(17-33-24)34-18-36(22)15-13-32-27(38)21-11-9-14-37(21)28(39)40-29(3,4)5/h6-8,10,12,16-18,21H,9,11,13-15H2,1-5H3,(H,32,38)(H,33,35)/b23-6-,25-7-. The third-order valence-corrected chi connectivity index (χ3v) is 7.54. The molecular weight excluding hydrogens is 545 g/mol. The van der Waals surface area contributed by atoms with Crippen LogP contribution in [0.25, 0.3) is 15.9 Å². The lowest BCUT2D eigenvalue weighted by Gasteiger charge is -2.28. The maximum atomic E-state index is 14.3. The van der Waals surface area contributed by atoms with E-state index < -0.39 is 17.7 Å². The summed E-state index contributed by atoms with van der Waals surface area (Å²) in [5, 5.41) is 7.02. The predicted octanol–water partition coefficient (Wildman–Crippen LogP) is 5.55. The number of hydrogen-bond acceptors (Lipinski definition) is 8. The van der Waals surface area contributed by atoms with Crippen molar-refractivity contribution >= 4 is 45.5 Å². The summed E-state index contributed by atoms with van der Waals surface area (Å²) in [7, 11) is 0. The molecule has 1 aliphatic rings. The number of nitrogens with zero attached hydrogens (tertiary/aromatic N) is 5. The van der Waals surface area contributed by atoms with Gasteiger partial charge in [-0.2, -0.15) is 0 Å². The fourth-order valence-electron chi connectivity index (χ4n) is 4.42. The number of imidazole rings is 1. The van der Waals surface area contributed by atoms with Crippen LogP contribution in [0, 0.1) is 5.82 Å². The number of nitrogens with one attached hydrogen (secondary N) is 2. The van der Waals surface area contributed by atoms with Gasteiger partial charge in [-0.15, -0.1) is 0 Å². The van der Waals surface area contributed by atoms with Crippen molar-refractivity contribution in [2.45, 2.75) is 65.6 Å². The van der Waals surface area contributed by atoms with Gasteiger partial charge in [-0.05, 0) is 59.6 Å². The molecule has 0 aliphatic carbocycles.